The van der Waals surface area contributed by atoms with Gasteiger partial charge in [-0.3, -0.25) is 0 Å². The van der Waals surface area contributed by atoms with E-state index in [9.17, 15) is 26.0 Å². The number of benzene rings is 3. The number of fused-ring (bicyclic) bond motifs is 1. The van der Waals surface area contributed by atoms with Crippen LogP contribution in [0.4, 0.5) is 23.2 Å². The van der Waals surface area contributed by atoms with Crippen molar-refractivity contribution in [2.24, 2.45) is 0 Å². The summed E-state index contributed by atoms with van der Waals surface area (Å²) in [5.41, 5.74) is -0.257. The SMILES string of the molecule is O=S(=O)(CCCC(F)(F)F)[N-]c1cc(F)cc(Oc2cccc3ccccc23)c1. The van der Waals surface area contributed by atoms with E-state index in [1.165, 1.54) is 6.07 Å². The van der Waals surface area contributed by atoms with E-state index >= 15 is 0 Å². The molecule has 0 aliphatic rings. The summed E-state index contributed by atoms with van der Waals surface area (Å²) in [5.74, 6) is -1.12. The van der Waals surface area contributed by atoms with E-state index in [1.54, 1.807) is 12.1 Å². The second kappa shape index (κ2) is 8.28. The first kappa shape index (κ1) is 20.9. The molecule has 154 valence electrons. The average molecular weight is 426 g/mol. The van der Waals surface area contributed by atoms with Crippen LogP contribution in [0.3, 0.4) is 0 Å². The number of sulfonamides is 1. The van der Waals surface area contributed by atoms with E-state index in [0.717, 1.165) is 22.9 Å². The van der Waals surface area contributed by atoms with E-state index in [0.29, 0.717) is 5.75 Å². The molecule has 0 saturated heterocycles. The second-order valence-electron chi connectivity index (χ2n) is 6.32. The van der Waals surface area contributed by atoms with Gasteiger partial charge < -0.3 is 9.46 Å². The van der Waals surface area contributed by atoms with Gasteiger partial charge in [0.25, 0.3) is 0 Å². The van der Waals surface area contributed by atoms with Crippen molar-refractivity contribution in [1.29, 1.82) is 0 Å². The maximum atomic E-state index is 13.9. The van der Waals surface area contributed by atoms with Gasteiger partial charge in [-0.2, -0.15) is 13.2 Å². The number of ether oxygens (including phenoxy) is 1. The summed E-state index contributed by atoms with van der Waals surface area (Å²) in [4.78, 5) is 0. The molecule has 0 N–H and O–H groups in total. The van der Waals surface area contributed by atoms with Gasteiger partial charge in [-0.15, -0.1) is 5.69 Å². The third kappa shape index (κ3) is 6.08. The number of hydrogen-bond acceptors (Lipinski definition) is 3. The fourth-order valence-electron chi connectivity index (χ4n) is 2.73. The van der Waals surface area contributed by atoms with Crippen LogP contribution in [-0.4, -0.2) is 20.3 Å². The zero-order chi connectivity index (χ0) is 21.1. The molecular formula is C20H16F4NO3S-. The predicted molar refractivity (Wildman–Crippen MR) is 103 cm³/mol. The minimum atomic E-state index is -4.45. The van der Waals surface area contributed by atoms with Gasteiger partial charge in [0.2, 0.25) is 0 Å². The fourth-order valence-corrected chi connectivity index (χ4v) is 3.76. The first-order valence-corrected chi connectivity index (χ1v) is 10.2. The van der Waals surface area contributed by atoms with Crippen LogP contribution in [0.2, 0.25) is 0 Å². The minimum Gasteiger partial charge on any atom is -0.577 e. The molecule has 0 heterocycles. The van der Waals surface area contributed by atoms with Crippen LogP contribution in [0, 0.1) is 5.82 Å². The maximum Gasteiger partial charge on any atom is 0.389 e. The van der Waals surface area contributed by atoms with Crippen LogP contribution in [0.25, 0.3) is 15.5 Å². The Morgan fingerprint density at radius 2 is 1.69 bits per heavy atom. The first-order valence-electron chi connectivity index (χ1n) is 8.60. The van der Waals surface area contributed by atoms with Gasteiger partial charge >= 0.3 is 6.18 Å². The lowest BCUT2D eigenvalue weighted by molar-refractivity contribution is -0.134. The van der Waals surface area contributed by atoms with Gasteiger partial charge in [0, 0.05) is 23.6 Å². The van der Waals surface area contributed by atoms with Gasteiger partial charge in [0.15, 0.2) is 0 Å². The first-order chi connectivity index (χ1) is 13.6. The highest BCUT2D eigenvalue weighted by Gasteiger charge is 2.26. The summed E-state index contributed by atoms with van der Waals surface area (Å²) < 4.78 is 83.5. The van der Waals surface area contributed by atoms with Crippen LogP contribution in [0.5, 0.6) is 11.5 Å². The number of hydrogen-bond donors (Lipinski definition) is 0. The molecule has 0 saturated carbocycles. The Balaban J connectivity index is 1.78. The average Bonchev–Trinajstić information content (AvgIpc) is 2.59. The lowest BCUT2D eigenvalue weighted by Gasteiger charge is -2.23. The Bertz CT molecular complexity index is 1110. The third-order valence-corrected chi connectivity index (χ3v) is 5.23. The van der Waals surface area contributed by atoms with E-state index < -0.39 is 40.6 Å². The molecule has 0 amide bonds. The zero-order valence-electron chi connectivity index (χ0n) is 15.0. The second-order valence-corrected chi connectivity index (χ2v) is 8.08. The molecule has 0 fully saturated rings. The van der Waals surface area contributed by atoms with Crippen molar-refractivity contribution in [2.45, 2.75) is 19.0 Å². The van der Waals surface area contributed by atoms with Crippen molar-refractivity contribution in [3.05, 3.63) is 71.2 Å². The number of nitrogens with zero attached hydrogens (tertiary/aromatic N) is 1. The van der Waals surface area contributed by atoms with Gasteiger partial charge in [-0.25, -0.2) is 12.8 Å². The molecule has 0 radical (unpaired) electrons. The molecule has 9 heteroatoms. The molecule has 0 bridgehead atoms. The molecule has 0 aliphatic carbocycles. The van der Waals surface area contributed by atoms with Gasteiger partial charge in [0.1, 0.15) is 17.3 Å². The molecule has 0 spiro atoms. The standard InChI is InChI=1S/C20H16F4NO3S/c21-15-11-16(25-29(26,27)10-4-9-20(22,23)24)13-17(12-15)28-19-8-3-6-14-5-1-2-7-18(14)19/h1-3,5-8,11-13H,4,9-10H2/q-1. The Hall–Kier alpha value is -2.81. The lowest BCUT2D eigenvalue weighted by Crippen LogP contribution is -2.11. The van der Waals surface area contributed by atoms with Crippen molar-refractivity contribution < 1.29 is 30.7 Å². The summed E-state index contributed by atoms with van der Waals surface area (Å²) in [6, 6.07) is 15.8. The fraction of sp³-hybridized carbons (Fsp3) is 0.200. The van der Waals surface area contributed by atoms with Crippen molar-refractivity contribution in [1.82, 2.24) is 0 Å². The summed E-state index contributed by atoms with van der Waals surface area (Å²) in [6.45, 7) is 0. The molecule has 0 aliphatic heterocycles. The van der Waals surface area contributed by atoms with Crippen molar-refractivity contribution >= 4 is 26.5 Å². The van der Waals surface area contributed by atoms with Crippen LogP contribution in [-0.2, 0) is 10.0 Å². The Morgan fingerprint density at radius 3 is 2.45 bits per heavy atom. The normalized spacial score (nSPS) is 12.1. The summed E-state index contributed by atoms with van der Waals surface area (Å²) >= 11 is 0. The third-order valence-electron chi connectivity index (χ3n) is 3.94. The molecule has 3 aromatic rings. The van der Waals surface area contributed by atoms with Crippen LogP contribution in [0.1, 0.15) is 12.8 Å². The highest BCUT2D eigenvalue weighted by Crippen LogP contribution is 2.34. The molecule has 0 unspecified atom stereocenters. The van der Waals surface area contributed by atoms with Gasteiger partial charge in [-0.05, 0) is 30.0 Å². The highest BCUT2D eigenvalue weighted by molar-refractivity contribution is 7.94. The van der Waals surface area contributed by atoms with E-state index in [2.05, 4.69) is 4.72 Å². The molecule has 3 aromatic carbocycles. The Kier molecular flexibility index (Phi) is 5.97. The molecular weight excluding hydrogens is 410 g/mol. The number of alkyl halides is 3. The Morgan fingerprint density at radius 1 is 0.966 bits per heavy atom. The van der Waals surface area contributed by atoms with Crippen LogP contribution >= 0.6 is 0 Å². The van der Waals surface area contributed by atoms with Crippen LogP contribution in [0.15, 0.2) is 60.7 Å². The summed E-state index contributed by atoms with van der Waals surface area (Å²) in [5, 5.41) is 1.68. The van der Waals surface area contributed by atoms with Crippen molar-refractivity contribution in [3.8, 4) is 11.5 Å². The molecule has 4 nitrogen and oxygen atoms in total. The summed E-state index contributed by atoms with van der Waals surface area (Å²) in [7, 11) is -4.20. The monoisotopic (exact) mass is 426 g/mol. The smallest absolute Gasteiger partial charge is 0.389 e. The predicted octanol–water partition coefficient (Wildman–Crippen LogP) is 6.45. The van der Waals surface area contributed by atoms with Gasteiger partial charge in [-0.1, -0.05) is 36.4 Å². The largest absolute Gasteiger partial charge is 0.577 e. The number of rotatable bonds is 7. The highest BCUT2D eigenvalue weighted by atomic mass is 32.2. The zero-order valence-corrected chi connectivity index (χ0v) is 15.8. The Labute approximate surface area is 165 Å². The van der Waals surface area contributed by atoms with Crippen molar-refractivity contribution in [3.63, 3.8) is 0 Å². The molecule has 0 aromatic heterocycles. The molecule has 0 atom stereocenters. The summed E-state index contributed by atoms with van der Waals surface area (Å²) in [6.07, 6.45) is -6.31. The topological polar surface area (TPSA) is 57.5 Å². The molecule has 3 rings (SSSR count). The maximum absolute atomic E-state index is 13.9. The van der Waals surface area contributed by atoms with E-state index in [-0.39, 0.29) is 11.4 Å². The van der Waals surface area contributed by atoms with Crippen LogP contribution < -0.4 is 4.74 Å². The van der Waals surface area contributed by atoms with E-state index in [1.807, 2.05) is 30.3 Å². The minimum absolute atomic E-state index is 0.0191. The molecule has 29 heavy (non-hydrogen) atoms. The quantitative estimate of drug-likeness (QED) is 0.408. The van der Waals surface area contributed by atoms with E-state index in [4.69, 9.17) is 4.74 Å². The number of halogens is 4. The van der Waals surface area contributed by atoms with Gasteiger partial charge in [0.05, 0.1) is 10.0 Å². The van der Waals surface area contributed by atoms with Crippen molar-refractivity contribution in [2.75, 3.05) is 5.75 Å². The lowest BCUT2D eigenvalue weighted by atomic mass is 10.1.